The van der Waals surface area contributed by atoms with Crippen LogP contribution in [0.3, 0.4) is 0 Å². The van der Waals surface area contributed by atoms with Gasteiger partial charge in [-0.15, -0.1) is 0 Å². The predicted octanol–water partition coefficient (Wildman–Crippen LogP) is 1.93. The van der Waals surface area contributed by atoms with E-state index in [2.05, 4.69) is 0 Å². The van der Waals surface area contributed by atoms with Crippen LogP contribution < -0.4 is 0 Å². The molecule has 192 valence electrons. The minimum Gasteiger partial charge on any atom is -0.346 e. The summed E-state index contributed by atoms with van der Waals surface area (Å²) in [5, 5.41) is 0. The molecule has 2 aromatic rings. The monoisotopic (exact) mass is 539 g/mol. The molecular weight excluding hydrogens is 517 g/mol. The first-order valence-corrected chi connectivity index (χ1v) is 13.5. The van der Waals surface area contributed by atoms with Crippen molar-refractivity contribution in [3.63, 3.8) is 0 Å². The lowest BCUT2D eigenvalue weighted by Crippen LogP contribution is -2.52. The van der Waals surface area contributed by atoms with Gasteiger partial charge in [-0.05, 0) is 37.3 Å². The first kappa shape index (κ1) is 26.1. The molecule has 0 aliphatic carbocycles. The Morgan fingerprint density at radius 1 is 0.972 bits per heavy atom. The Kier molecular flexibility index (Phi) is 7.12. The molecule has 0 N–H and O–H groups in total. The van der Waals surface area contributed by atoms with Crippen molar-refractivity contribution in [2.75, 3.05) is 6.61 Å². The number of amides is 1. The number of halogens is 1. The smallest absolute Gasteiger partial charge is 0.297 e. The van der Waals surface area contributed by atoms with E-state index in [1.165, 1.54) is 48.5 Å². The summed E-state index contributed by atoms with van der Waals surface area (Å²) in [5.41, 5.74) is -2.66. The Morgan fingerprint density at radius 2 is 1.53 bits per heavy atom. The van der Waals surface area contributed by atoms with Gasteiger partial charge in [0.1, 0.15) is 12.2 Å². The third-order valence-corrected chi connectivity index (χ3v) is 8.26. The molecule has 2 heterocycles. The van der Waals surface area contributed by atoms with Gasteiger partial charge in [-0.1, -0.05) is 36.4 Å². The molecule has 13 heteroatoms. The van der Waals surface area contributed by atoms with Crippen LogP contribution in [0.5, 0.6) is 0 Å². The number of nitrogens with zero attached hydrogens (tertiary/aromatic N) is 1. The summed E-state index contributed by atoms with van der Waals surface area (Å²) in [6.07, 6.45) is -3.65. The topological polar surface area (TPSA) is 133 Å². The third-order valence-electron chi connectivity index (χ3n) is 5.65. The van der Waals surface area contributed by atoms with Crippen molar-refractivity contribution in [3.05, 3.63) is 72.9 Å². The first-order chi connectivity index (χ1) is 16.9. The highest BCUT2D eigenvalue weighted by molar-refractivity contribution is 7.87. The molecule has 2 aliphatic heterocycles. The summed E-state index contributed by atoms with van der Waals surface area (Å²) in [7, 11) is -8.84. The third kappa shape index (κ3) is 5.25. The Bertz CT molecular complexity index is 1380. The fourth-order valence-corrected chi connectivity index (χ4v) is 5.97. The molecule has 4 rings (SSSR count). The normalized spacial score (nSPS) is 26.9. The summed E-state index contributed by atoms with van der Waals surface area (Å²) in [6, 6.07) is 14.1. The van der Waals surface area contributed by atoms with Gasteiger partial charge in [0.25, 0.3) is 20.2 Å². The number of carbonyl (C=O) groups excluding carboxylic acids is 2. The van der Waals surface area contributed by atoms with Crippen LogP contribution in [0.1, 0.15) is 13.3 Å². The minimum atomic E-state index is -4.53. The Hall–Kier alpha value is -2.97. The van der Waals surface area contributed by atoms with Crippen LogP contribution in [0.2, 0.25) is 0 Å². The van der Waals surface area contributed by atoms with Crippen LogP contribution >= 0.6 is 0 Å². The highest BCUT2D eigenvalue weighted by Gasteiger charge is 2.60. The Balaban J connectivity index is 1.65. The molecular formula is C23H22FNO9S2. The SMILES string of the molecule is C[C@@]1(F)[C@H](OS(=O)(=O)c2ccccc2)[C@@H](COS(=O)(=O)c2ccccc2)O[C@H]1N1C=CC(=O)CC1=O. The van der Waals surface area contributed by atoms with Crippen LogP contribution in [-0.4, -0.2) is 64.1 Å². The summed E-state index contributed by atoms with van der Waals surface area (Å²) in [6.45, 7) is 0.152. The second-order valence-electron chi connectivity index (χ2n) is 8.27. The number of allylic oxidation sites excluding steroid dienone is 1. The molecule has 0 bridgehead atoms. The van der Waals surface area contributed by atoms with Gasteiger partial charge in [0, 0.05) is 6.20 Å². The van der Waals surface area contributed by atoms with Crippen molar-refractivity contribution in [2.45, 2.75) is 47.2 Å². The van der Waals surface area contributed by atoms with Crippen molar-refractivity contribution in [1.82, 2.24) is 4.90 Å². The van der Waals surface area contributed by atoms with Gasteiger partial charge < -0.3 is 4.74 Å². The molecule has 10 nitrogen and oxygen atoms in total. The standard InChI is InChI=1S/C23H22FNO9S2/c1-23(24)21(34-36(30,31)18-10-6-3-7-11-18)19(15-32-35(28,29)17-8-4-2-5-9-17)33-22(23)25-13-12-16(26)14-20(25)27/h2-13,19,21-22H,14-15H2,1H3/t19-,21-,22-,23-/m1/s1. The van der Waals surface area contributed by atoms with E-state index < -0.39 is 69.1 Å². The van der Waals surface area contributed by atoms with Gasteiger partial charge in [-0.2, -0.15) is 16.8 Å². The Morgan fingerprint density at radius 3 is 2.08 bits per heavy atom. The molecule has 0 saturated carbocycles. The van der Waals surface area contributed by atoms with Crippen LogP contribution in [0.25, 0.3) is 0 Å². The zero-order valence-corrected chi connectivity index (χ0v) is 20.5. The van der Waals surface area contributed by atoms with E-state index in [-0.39, 0.29) is 9.79 Å². The molecule has 1 saturated heterocycles. The van der Waals surface area contributed by atoms with Gasteiger partial charge in [-0.25, -0.2) is 4.39 Å². The molecule has 0 unspecified atom stereocenters. The second-order valence-corrected chi connectivity index (χ2v) is 11.5. The molecule has 1 amide bonds. The lowest BCUT2D eigenvalue weighted by Gasteiger charge is -2.33. The largest absolute Gasteiger partial charge is 0.346 e. The van der Waals surface area contributed by atoms with Gasteiger partial charge in [-0.3, -0.25) is 22.9 Å². The van der Waals surface area contributed by atoms with Crippen molar-refractivity contribution in [3.8, 4) is 0 Å². The number of alkyl halides is 1. The lowest BCUT2D eigenvalue weighted by atomic mass is 9.97. The van der Waals surface area contributed by atoms with Crippen LogP contribution in [0.4, 0.5) is 4.39 Å². The van der Waals surface area contributed by atoms with Crippen molar-refractivity contribution in [1.29, 1.82) is 0 Å². The maximum Gasteiger partial charge on any atom is 0.297 e. The van der Waals surface area contributed by atoms with E-state index >= 15 is 4.39 Å². The predicted molar refractivity (Wildman–Crippen MR) is 122 cm³/mol. The minimum absolute atomic E-state index is 0.176. The number of hydrogen-bond donors (Lipinski definition) is 0. The first-order valence-electron chi connectivity index (χ1n) is 10.7. The van der Waals surface area contributed by atoms with Crippen molar-refractivity contribution in [2.24, 2.45) is 0 Å². The lowest BCUT2D eigenvalue weighted by molar-refractivity contribution is -0.150. The van der Waals surface area contributed by atoms with Gasteiger partial charge in [0.2, 0.25) is 5.91 Å². The molecule has 2 aromatic carbocycles. The van der Waals surface area contributed by atoms with E-state index in [0.29, 0.717) is 0 Å². The van der Waals surface area contributed by atoms with E-state index in [1.54, 1.807) is 12.1 Å². The second kappa shape index (κ2) is 9.82. The summed E-state index contributed by atoms with van der Waals surface area (Å²) < 4.78 is 83.1. The van der Waals surface area contributed by atoms with Crippen LogP contribution in [0.15, 0.2) is 82.7 Å². The zero-order chi connectivity index (χ0) is 26.1. The van der Waals surface area contributed by atoms with Gasteiger partial charge in [0.05, 0.1) is 22.8 Å². The Labute approximate surface area is 207 Å². The maximum atomic E-state index is 16.2. The summed E-state index contributed by atoms with van der Waals surface area (Å²) in [5.74, 6) is -1.28. The number of benzene rings is 2. The number of ether oxygens (including phenoxy) is 1. The highest BCUT2D eigenvalue weighted by Crippen LogP contribution is 2.41. The highest BCUT2D eigenvalue weighted by atomic mass is 32.2. The van der Waals surface area contributed by atoms with Gasteiger partial charge in [0.15, 0.2) is 17.7 Å². The van der Waals surface area contributed by atoms with Crippen molar-refractivity contribution < 1.29 is 43.9 Å². The van der Waals surface area contributed by atoms with Gasteiger partial charge >= 0.3 is 0 Å². The van der Waals surface area contributed by atoms with E-state index in [0.717, 1.165) is 24.1 Å². The summed E-state index contributed by atoms with van der Waals surface area (Å²) in [4.78, 5) is 24.4. The molecule has 1 fully saturated rings. The number of ketones is 1. The fourth-order valence-electron chi connectivity index (χ4n) is 3.84. The molecule has 2 aliphatic rings. The van der Waals surface area contributed by atoms with E-state index in [9.17, 15) is 26.4 Å². The number of hydrogen-bond acceptors (Lipinski definition) is 9. The zero-order valence-electron chi connectivity index (χ0n) is 18.9. The maximum absolute atomic E-state index is 16.2. The quantitative estimate of drug-likeness (QED) is 0.364. The summed E-state index contributed by atoms with van der Waals surface area (Å²) >= 11 is 0. The number of carbonyl (C=O) groups is 2. The molecule has 0 aromatic heterocycles. The molecule has 4 atom stereocenters. The fraction of sp³-hybridized carbons (Fsp3) is 0.304. The van der Waals surface area contributed by atoms with Crippen LogP contribution in [0, 0.1) is 0 Å². The van der Waals surface area contributed by atoms with E-state index in [4.69, 9.17) is 13.1 Å². The van der Waals surface area contributed by atoms with Crippen molar-refractivity contribution >= 4 is 31.9 Å². The molecule has 0 radical (unpaired) electrons. The average Bonchev–Trinajstić information content (AvgIpc) is 3.08. The average molecular weight is 540 g/mol. The molecule has 36 heavy (non-hydrogen) atoms. The van der Waals surface area contributed by atoms with E-state index in [1.807, 2.05) is 0 Å². The molecule has 0 spiro atoms. The van der Waals surface area contributed by atoms with Crippen LogP contribution in [-0.2, 0) is 42.9 Å². The number of rotatable bonds is 8.